The van der Waals surface area contributed by atoms with E-state index in [4.69, 9.17) is 10.5 Å². The molecular formula is C21H27N5O. The van der Waals surface area contributed by atoms with Gasteiger partial charge in [-0.2, -0.15) is 0 Å². The van der Waals surface area contributed by atoms with Crippen LogP contribution in [-0.4, -0.2) is 41.3 Å². The Morgan fingerprint density at radius 3 is 2.74 bits per heavy atom. The van der Waals surface area contributed by atoms with Crippen molar-refractivity contribution < 1.29 is 4.74 Å². The van der Waals surface area contributed by atoms with Gasteiger partial charge in [0.05, 0.1) is 31.3 Å². The second-order valence-corrected chi connectivity index (χ2v) is 7.45. The van der Waals surface area contributed by atoms with Crippen LogP contribution in [0.1, 0.15) is 24.5 Å². The molecular weight excluding hydrogens is 338 g/mol. The zero-order valence-electron chi connectivity index (χ0n) is 16.3. The number of aromatic nitrogens is 3. The average molecular weight is 365 g/mol. The predicted molar refractivity (Wildman–Crippen MR) is 109 cm³/mol. The number of anilines is 2. The summed E-state index contributed by atoms with van der Waals surface area (Å²) in [7, 11) is 4.07. The van der Waals surface area contributed by atoms with Crippen molar-refractivity contribution >= 4 is 22.5 Å². The molecule has 0 atom stereocenters. The molecule has 0 bridgehead atoms. The van der Waals surface area contributed by atoms with Gasteiger partial charge in [0, 0.05) is 31.3 Å². The van der Waals surface area contributed by atoms with Crippen LogP contribution in [0.15, 0.2) is 36.8 Å². The van der Waals surface area contributed by atoms with Gasteiger partial charge >= 0.3 is 0 Å². The van der Waals surface area contributed by atoms with Crippen molar-refractivity contribution in [1.29, 1.82) is 0 Å². The summed E-state index contributed by atoms with van der Waals surface area (Å²) in [4.78, 5) is 11.1. The first-order valence-corrected chi connectivity index (χ1v) is 9.50. The lowest BCUT2D eigenvalue weighted by molar-refractivity contribution is -0.0631. The minimum atomic E-state index is 0.0850. The van der Waals surface area contributed by atoms with E-state index in [0.717, 1.165) is 42.9 Å². The molecule has 4 rings (SSSR count). The van der Waals surface area contributed by atoms with Crippen molar-refractivity contribution in [3.8, 4) is 0 Å². The number of aryl methyl sites for hydroxylation is 2. The monoisotopic (exact) mass is 365 g/mol. The highest BCUT2D eigenvalue weighted by Gasteiger charge is 2.39. The summed E-state index contributed by atoms with van der Waals surface area (Å²) in [6.07, 6.45) is 5.58. The quantitative estimate of drug-likeness (QED) is 0.727. The van der Waals surface area contributed by atoms with Gasteiger partial charge in [-0.1, -0.05) is 19.1 Å². The number of imidazole rings is 1. The molecule has 142 valence electrons. The number of nitrogens with two attached hydrogens (primary N) is 1. The summed E-state index contributed by atoms with van der Waals surface area (Å²) >= 11 is 0. The van der Waals surface area contributed by atoms with Gasteiger partial charge in [0.2, 0.25) is 0 Å². The first-order chi connectivity index (χ1) is 13.1. The van der Waals surface area contributed by atoms with Crippen molar-refractivity contribution in [3.63, 3.8) is 0 Å². The lowest BCUT2D eigenvalue weighted by atomic mass is 9.75. The first kappa shape index (κ1) is 17.9. The Hall–Kier alpha value is -2.44. The van der Waals surface area contributed by atoms with Crippen molar-refractivity contribution in [2.24, 2.45) is 12.8 Å². The minimum Gasteiger partial charge on any atom is -0.379 e. The van der Waals surface area contributed by atoms with Crippen LogP contribution in [0, 0.1) is 0 Å². The number of benzene rings is 1. The molecule has 6 heteroatoms. The molecule has 0 aliphatic carbocycles. The standard InChI is InChI=1S/C21H27N5O/c1-4-15-9-16(21(7-8-22)12-27-13-21)5-6-18(15)26(3)20-10-19-17(11-23-20)24-14-25(19)2/h5-6,9-11,14H,4,7-8,12-13,22H2,1-3H3. The lowest BCUT2D eigenvalue weighted by Gasteiger charge is -2.42. The van der Waals surface area contributed by atoms with Gasteiger partial charge in [0.15, 0.2) is 0 Å². The maximum absolute atomic E-state index is 5.86. The number of ether oxygens (including phenoxy) is 1. The molecule has 1 aromatic carbocycles. The van der Waals surface area contributed by atoms with Gasteiger partial charge < -0.3 is 19.9 Å². The largest absolute Gasteiger partial charge is 0.379 e. The Labute approximate surface area is 160 Å². The molecule has 2 N–H and O–H groups in total. The minimum absolute atomic E-state index is 0.0850. The third kappa shape index (κ3) is 2.99. The fourth-order valence-corrected chi connectivity index (χ4v) is 3.93. The van der Waals surface area contributed by atoms with E-state index in [1.54, 1.807) is 0 Å². The highest BCUT2D eigenvalue weighted by Crippen LogP contribution is 2.38. The third-order valence-corrected chi connectivity index (χ3v) is 5.75. The van der Waals surface area contributed by atoms with Gasteiger partial charge in [-0.05, 0) is 36.6 Å². The van der Waals surface area contributed by atoms with E-state index in [0.29, 0.717) is 6.54 Å². The number of pyridine rings is 1. The Bertz CT molecular complexity index is 960. The van der Waals surface area contributed by atoms with Crippen molar-refractivity contribution in [3.05, 3.63) is 47.9 Å². The predicted octanol–water partition coefficient (Wildman–Crippen LogP) is 2.92. The van der Waals surface area contributed by atoms with Crippen LogP contribution < -0.4 is 10.6 Å². The molecule has 6 nitrogen and oxygen atoms in total. The van der Waals surface area contributed by atoms with Gasteiger partial charge in [-0.25, -0.2) is 9.97 Å². The SMILES string of the molecule is CCc1cc(C2(CCN)COC2)ccc1N(C)c1cc2c(cn1)ncn2C. The molecule has 0 saturated carbocycles. The second-order valence-electron chi connectivity index (χ2n) is 7.45. The Kier molecular flexibility index (Phi) is 4.61. The Morgan fingerprint density at radius 1 is 1.26 bits per heavy atom. The van der Waals surface area contributed by atoms with Gasteiger partial charge in [0.25, 0.3) is 0 Å². The van der Waals surface area contributed by atoms with Crippen molar-refractivity contribution in [2.45, 2.75) is 25.2 Å². The van der Waals surface area contributed by atoms with Crippen LogP contribution in [0.2, 0.25) is 0 Å². The molecule has 27 heavy (non-hydrogen) atoms. The van der Waals surface area contributed by atoms with E-state index < -0.39 is 0 Å². The molecule has 0 radical (unpaired) electrons. The number of rotatable bonds is 6. The van der Waals surface area contributed by atoms with Crippen LogP contribution in [0.3, 0.4) is 0 Å². The Balaban J connectivity index is 1.70. The first-order valence-electron chi connectivity index (χ1n) is 9.50. The zero-order chi connectivity index (χ0) is 19.0. The number of nitrogens with zero attached hydrogens (tertiary/aromatic N) is 4. The molecule has 1 saturated heterocycles. The molecule has 1 aliphatic heterocycles. The highest BCUT2D eigenvalue weighted by atomic mass is 16.5. The Morgan fingerprint density at radius 2 is 2.07 bits per heavy atom. The normalized spacial score (nSPS) is 15.7. The van der Waals surface area contributed by atoms with Gasteiger partial charge in [-0.15, -0.1) is 0 Å². The molecule has 0 unspecified atom stereocenters. The summed E-state index contributed by atoms with van der Waals surface area (Å²) in [5, 5.41) is 0. The van der Waals surface area contributed by atoms with Crippen LogP contribution >= 0.6 is 0 Å². The number of fused-ring (bicyclic) bond motifs is 1. The highest BCUT2D eigenvalue weighted by molar-refractivity contribution is 5.79. The van der Waals surface area contributed by atoms with E-state index in [2.05, 4.69) is 53.1 Å². The summed E-state index contributed by atoms with van der Waals surface area (Å²) in [6, 6.07) is 8.85. The summed E-state index contributed by atoms with van der Waals surface area (Å²) < 4.78 is 7.55. The second kappa shape index (κ2) is 6.94. The van der Waals surface area contributed by atoms with E-state index in [-0.39, 0.29) is 5.41 Å². The fourth-order valence-electron chi connectivity index (χ4n) is 3.93. The maximum Gasteiger partial charge on any atom is 0.134 e. The lowest BCUT2D eigenvalue weighted by Crippen LogP contribution is -2.48. The summed E-state index contributed by atoms with van der Waals surface area (Å²) in [5.41, 5.74) is 11.8. The van der Waals surface area contributed by atoms with E-state index in [1.807, 2.05) is 24.1 Å². The van der Waals surface area contributed by atoms with Crippen molar-refractivity contribution in [1.82, 2.24) is 14.5 Å². The van der Waals surface area contributed by atoms with E-state index in [9.17, 15) is 0 Å². The zero-order valence-corrected chi connectivity index (χ0v) is 16.3. The van der Waals surface area contributed by atoms with Crippen molar-refractivity contribution in [2.75, 3.05) is 31.7 Å². The molecule has 1 fully saturated rings. The average Bonchev–Trinajstić information content (AvgIpc) is 3.04. The molecule has 0 spiro atoms. The number of hydrogen-bond acceptors (Lipinski definition) is 5. The van der Waals surface area contributed by atoms with Crippen LogP contribution in [-0.2, 0) is 23.6 Å². The summed E-state index contributed by atoms with van der Waals surface area (Å²) in [5.74, 6) is 0.914. The molecule has 0 amide bonds. The van der Waals surface area contributed by atoms with Gasteiger partial charge in [-0.3, -0.25) is 0 Å². The van der Waals surface area contributed by atoms with Crippen LogP contribution in [0.5, 0.6) is 0 Å². The van der Waals surface area contributed by atoms with E-state index in [1.165, 1.54) is 16.8 Å². The molecule has 3 aromatic rings. The molecule has 2 aromatic heterocycles. The fraction of sp³-hybridized carbons (Fsp3) is 0.429. The summed E-state index contributed by atoms with van der Waals surface area (Å²) in [6.45, 7) is 4.41. The molecule has 1 aliphatic rings. The third-order valence-electron chi connectivity index (χ3n) is 5.75. The molecule has 3 heterocycles. The van der Waals surface area contributed by atoms with Gasteiger partial charge in [0.1, 0.15) is 11.3 Å². The maximum atomic E-state index is 5.86. The number of hydrogen-bond donors (Lipinski definition) is 1. The topological polar surface area (TPSA) is 69.2 Å². The van der Waals surface area contributed by atoms with Crippen LogP contribution in [0.25, 0.3) is 11.0 Å². The van der Waals surface area contributed by atoms with E-state index >= 15 is 0 Å². The van der Waals surface area contributed by atoms with Crippen LogP contribution in [0.4, 0.5) is 11.5 Å². The smallest absolute Gasteiger partial charge is 0.134 e.